The highest BCUT2D eigenvalue weighted by molar-refractivity contribution is 7.09. The van der Waals surface area contributed by atoms with E-state index in [0.717, 1.165) is 11.3 Å². The molecule has 6 atom stereocenters. The topological polar surface area (TPSA) is 108 Å². The maximum absolute atomic E-state index is 12.8. The molecule has 2 amide bonds. The van der Waals surface area contributed by atoms with Crippen LogP contribution in [-0.4, -0.2) is 47.6 Å². The fourth-order valence-electron chi connectivity index (χ4n) is 5.98. The number of alkyl carbamates (subject to hydrolysis) is 1. The highest BCUT2D eigenvalue weighted by Crippen LogP contribution is 2.61. The summed E-state index contributed by atoms with van der Waals surface area (Å²) in [5.41, 5.74) is -0.989. The molecule has 4 N–H and O–H groups in total. The number of thiophene rings is 1. The van der Waals surface area contributed by atoms with Crippen LogP contribution in [0.15, 0.2) is 30.2 Å². The highest BCUT2D eigenvalue weighted by Gasteiger charge is 2.60. The minimum atomic E-state index is -0.648. The van der Waals surface area contributed by atoms with Crippen LogP contribution < -0.4 is 10.6 Å². The van der Waals surface area contributed by atoms with E-state index in [1.54, 1.807) is 17.4 Å². The molecule has 178 valence electrons. The first-order chi connectivity index (χ1) is 15.2. The summed E-state index contributed by atoms with van der Waals surface area (Å²) in [6, 6.07) is 3.94. The summed E-state index contributed by atoms with van der Waals surface area (Å²) in [7, 11) is 0. The van der Waals surface area contributed by atoms with Gasteiger partial charge in [0.1, 0.15) is 6.10 Å². The molecule has 0 bridgehead atoms. The Kier molecular flexibility index (Phi) is 8.01. The number of nitrogens with one attached hydrogen (secondary N) is 2. The number of ether oxygens (including phenoxy) is 1. The first-order valence-corrected chi connectivity index (χ1v) is 12.3. The molecule has 7 nitrogen and oxygen atoms in total. The molecule has 1 aromatic heterocycles. The molecule has 8 heteroatoms. The third-order valence-corrected chi connectivity index (χ3v) is 8.64. The lowest BCUT2D eigenvalue weighted by Crippen LogP contribution is -2.61. The third-order valence-electron chi connectivity index (χ3n) is 7.76. The normalized spacial score (nSPS) is 34.2. The van der Waals surface area contributed by atoms with Gasteiger partial charge in [0.2, 0.25) is 5.91 Å². The zero-order valence-electron chi connectivity index (χ0n) is 19.0. The molecule has 0 saturated heterocycles. The van der Waals surface area contributed by atoms with Gasteiger partial charge in [-0.1, -0.05) is 26.0 Å². The van der Waals surface area contributed by atoms with E-state index in [1.165, 1.54) is 0 Å². The summed E-state index contributed by atoms with van der Waals surface area (Å²) >= 11 is 1.60. The smallest absolute Gasteiger partial charge is 0.407 e. The fraction of sp³-hybridized carbons (Fsp3) is 0.667. The number of fused-ring (bicyclic) bond motifs is 1. The second-order valence-corrected chi connectivity index (χ2v) is 10.7. The van der Waals surface area contributed by atoms with Crippen molar-refractivity contribution in [3.63, 3.8) is 0 Å². The monoisotopic (exact) mass is 464 g/mol. The molecule has 3 rings (SSSR count). The van der Waals surface area contributed by atoms with E-state index in [0.29, 0.717) is 32.4 Å². The molecular formula is C24H36N2O5S. The minimum absolute atomic E-state index is 0.0180. The lowest BCUT2D eigenvalue weighted by Gasteiger charge is -2.60. The van der Waals surface area contributed by atoms with Gasteiger partial charge in [0.15, 0.2) is 0 Å². The molecule has 0 radical (unpaired) electrons. The Labute approximate surface area is 194 Å². The van der Waals surface area contributed by atoms with Crippen LogP contribution in [0, 0.1) is 22.7 Å². The number of rotatable bonds is 8. The number of aliphatic hydroxyl groups is 2. The van der Waals surface area contributed by atoms with Crippen LogP contribution in [-0.2, 0) is 16.1 Å². The Morgan fingerprint density at radius 1 is 1.31 bits per heavy atom. The van der Waals surface area contributed by atoms with Crippen molar-refractivity contribution in [2.75, 3.05) is 13.2 Å². The molecule has 0 aliphatic heterocycles. The van der Waals surface area contributed by atoms with Crippen LogP contribution in [0.25, 0.3) is 0 Å². The standard InChI is InChI=1S/C24H36N2O5S/c1-4-11-25-22(30)31-20-9-10-23(2)17(13-21(29)26-14-16-6-5-12-32-16)18(28)7-8-19(23)24(20,3)15-27/h4-6,12,17-20,27-28H,1,7-11,13-15H2,2-3H3,(H,25,30)(H,26,29)/t17-,18-,19-,20-,23+,24+/m1/s1. The second kappa shape index (κ2) is 10.4. The summed E-state index contributed by atoms with van der Waals surface area (Å²) in [4.78, 5) is 26.0. The lowest BCUT2D eigenvalue weighted by atomic mass is 9.46. The van der Waals surface area contributed by atoms with Crippen LogP contribution >= 0.6 is 11.3 Å². The average Bonchev–Trinajstić information content (AvgIpc) is 3.29. The summed E-state index contributed by atoms with van der Waals surface area (Å²) in [6.45, 7) is 8.36. The van der Waals surface area contributed by atoms with Crippen molar-refractivity contribution < 1.29 is 24.5 Å². The van der Waals surface area contributed by atoms with E-state index in [4.69, 9.17) is 4.74 Å². The Morgan fingerprint density at radius 3 is 2.75 bits per heavy atom. The first-order valence-electron chi connectivity index (χ1n) is 11.4. The van der Waals surface area contributed by atoms with E-state index in [-0.39, 0.29) is 36.2 Å². The van der Waals surface area contributed by atoms with Gasteiger partial charge in [-0.05, 0) is 54.4 Å². The number of aliphatic hydroxyl groups excluding tert-OH is 2. The lowest BCUT2D eigenvalue weighted by molar-refractivity contribution is -0.185. The summed E-state index contributed by atoms with van der Waals surface area (Å²) in [5, 5.41) is 28.9. The predicted molar refractivity (Wildman–Crippen MR) is 124 cm³/mol. The Bertz CT molecular complexity index is 800. The zero-order valence-corrected chi connectivity index (χ0v) is 19.8. The van der Waals surface area contributed by atoms with Gasteiger partial charge in [0.05, 0.1) is 19.3 Å². The van der Waals surface area contributed by atoms with Crippen LogP contribution in [0.2, 0.25) is 0 Å². The SMILES string of the molecule is C=CCNC(=O)O[C@@H]1CC[C@]2(C)[C@@H](CC[C@@H](O)[C@H]2CC(=O)NCc2cccs2)[C@]1(C)CO. The van der Waals surface area contributed by atoms with Gasteiger partial charge in [0, 0.05) is 23.3 Å². The highest BCUT2D eigenvalue weighted by atomic mass is 32.1. The largest absolute Gasteiger partial charge is 0.446 e. The third kappa shape index (κ3) is 5.02. The van der Waals surface area contributed by atoms with Gasteiger partial charge in [0.25, 0.3) is 0 Å². The summed E-state index contributed by atoms with van der Waals surface area (Å²) in [5.74, 6) is -0.271. The number of carbonyl (C=O) groups is 2. The van der Waals surface area contributed by atoms with E-state index < -0.39 is 23.7 Å². The van der Waals surface area contributed by atoms with Gasteiger partial charge in [-0.15, -0.1) is 17.9 Å². The molecule has 0 unspecified atom stereocenters. The van der Waals surface area contributed by atoms with Crippen LogP contribution in [0.3, 0.4) is 0 Å². The number of hydrogen-bond donors (Lipinski definition) is 4. The van der Waals surface area contributed by atoms with Crippen molar-refractivity contribution in [3.8, 4) is 0 Å². The molecule has 1 heterocycles. The summed E-state index contributed by atoms with van der Waals surface area (Å²) in [6.07, 6.45) is 2.88. The van der Waals surface area contributed by atoms with E-state index in [1.807, 2.05) is 24.4 Å². The van der Waals surface area contributed by atoms with Crippen LogP contribution in [0.4, 0.5) is 4.79 Å². The summed E-state index contributed by atoms with van der Waals surface area (Å²) < 4.78 is 5.72. The molecular weight excluding hydrogens is 428 g/mol. The van der Waals surface area contributed by atoms with Crippen LogP contribution in [0.5, 0.6) is 0 Å². The zero-order chi connectivity index (χ0) is 23.4. The van der Waals surface area contributed by atoms with Gasteiger partial charge < -0.3 is 25.6 Å². The van der Waals surface area contributed by atoms with Gasteiger partial charge in [-0.3, -0.25) is 4.79 Å². The van der Waals surface area contributed by atoms with E-state index in [2.05, 4.69) is 24.1 Å². The second-order valence-electron chi connectivity index (χ2n) is 9.64. The van der Waals surface area contributed by atoms with Gasteiger partial charge in [-0.2, -0.15) is 0 Å². The molecule has 1 aromatic rings. The van der Waals surface area contributed by atoms with Crippen molar-refractivity contribution in [1.82, 2.24) is 10.6 Å². The van der Waals surface area contributed by atoms with Crippen molar-refractivity contribution in [1.29, 1.82) is 0 Å². The van der Waals surface area contributed by atoms with Crippen molar-refractivity contribution in [3.05, 3.63) is 35.0 Å². The number of amides is 2. The molecule has 0 spiro atoms. The molecule has 2 aliphatic rings. The molecule has 0 aromatic carbocycles. The van der Waals surface area contributed by atoms with Crippen molar-refractivity contribution >= 4 is 23.3 Å². The first kappa shape index (κ1) is 24.7. The van der Waals surface area contributed by atoms with Gasteiger partial charge in [-0.25, -0.2) is 4.79 Å². The van der Waals surface area contributed by atoms with Gasteiger partial charge >= 0.3 is 6.09 Å². The molecule has 2 saturated carbocycles. The molecule has 32 heavy (non-hydrogen) atoms. The Balaban J connectivity index is 1.73. The molecule has 2 fully saturated rings. The fourth-order valence-corrected chi connectivity index (χ4v) is 6.62. The van der Waals surface area contributed by atoms with E-state index in [9.17, 15) is 19.8 Å². The minimum Gasteiger partial charge on any atom is -0.446 e. The number of carbonyl (C=O) groups excluding carboxylic acids is 2. The maximum Gasteiger partial charge on any atom is 0.407 e. The number of hydrogen-bond acceptors (Lipinski definition) is 6. The van der Waals surface area contributed by atoms with Crippen LogP contribution in [0.1, 0.15) is 50.8 Å². The Morgan fingerprint density at radius 2 is 2.09 bits per heavy atom. The Hall–Kier alpha value is -1.90. The average molecular weight is 465 g/mol. The maximum atomic E-state index is 12.8. The van der Waals surface area contributed by atoms with Crippen molar-refractivity contribution in [2.24, 2.45) is 22.7 Å². The molecule has 2 aliphatic carbocycles. The van der Waals surface area contributed by atoms with Crippen molar-refractivity contribution in [2.45, 2.75) is 64.7 Å². The predicted octanol–water partition coefficient (Wildman–Crippen LogP) is 3.22. The van der Waals surface area contributed by atoms with E-state index >= 15 is 0 Å². The quantitative estimate of drug-likeness (QED) is 0.442.